The van der Waals surface area contributed by atoms with E-state index < -0.39 is 0 Å². The Morgan fingerprint density at radius 3 is 1.53 bits per heavy atom. The van der Waals surface area contributed by atoms with Gasteiger partial charge in [-0.05, 0) is 48.5 Å². The maximum Gasteiger partial charge on any atom is 0.235 e. The normalized spacial score (nSPS) is 11.9. The van der Waals surface area contributed by atoms with Crippen LogP contribution in [0.4, 0.5) is 0 Å². The van der Waals surface area contributed by atoms with Crippen LogP contribution in [-0.2, 0) is 0 Å². The van der Waals surface area contributed by atoms with E-state index in [4.69, 9.17) is 14.4 Å². The zero-order chi connectivity index (χ0) is 33.5. The molecule has 7 aromatic carbocycles. The third-order valence-electron chi connectivity index (χ3n) is 10.1. The van der Waals surface area contributed by atoms with Crippen LogP contribution in [-0.4, -0.2) is 19.1 Å². The van der Waals surface area contributed by atoms with Crippen molar-refractivity contribution in [3.8, 4) is 34.2 Å². The Bertz CT molecular complexity index is 3080. The fourth-order valence-corrected chi connectivity index (χ4v) is 7.91. The molecular weight excluding hydrogens is 625 g/mol. The number of hydrogen-bond acceptors (Lipinski definition) is 3. The average molecular weight is 653 g/mol. The Balaban J connectivity index is 1.22. The van der Waals surface area contributed by atoms with Crippen LogP contribution in [0.3, 0.4) is 0 Å². The van der Waals surface area contributed by atoms with Gasteiger partial charge >= 0.3 is 0 Å². The molecule has 238 valence electrons. The zero-order valence-corrected chi connectivity index (χ0v) is 27.4. The molecule has 0 aliphatic heterocycles. The number of furan rings is 1. The van der Waals surface area contributed by atoms with Crippen LogP contribution in [0, 0.1) is 0 Å². The van der Waals surface area contributed by atoms with Crippen molar-refractivity contribution in [3.05, 3.63) is 170 Å². The van der Waals surface area contributed by atoms with E-state index in [-0.39, 0.29) is 0 Å². The van der Waals surface area contributed by atoms with Crippen LogP contribution in [0.1, 0.15) is 0 Å². The Labute approximate surface area is 292 Å². The highest BCUT2D eigenvalue weighted by Gasteiger charge is 2.22. The van der Waals surface area contributed by atoms with E-state index in [1.54, 1.807) is 0 Å². The van der Waals surface area contributed by atoms with E-state index in [0.717, 1.165) is 77.6 Å². The first-order valence-electron chi connectivity index (χ1n) is 17.2. The highest BCUT2D eigenvalue weighted by Crippen LogP contribution is 2.43. The summed E-state index contributed by atoms with van der Waals surface area (Å²) in [5.74, 6) is 0.639. The Hall–Kier alpha value is -6.98. The fraction of sp³-hybridized carbons (Fsp3) is 0. The molecule has 0 unspecified atom stereocenters. The van der Waals surface area contributed by atoms with E-state index in [9.17, 15) is 0 Å². The molecule has 11 aromatic rings. The first-order chi connectivity index (χ1) is 25.3. The predicted molar refractivity (Wildman–Crippen MR) is 209 cm³/mol. The lowest BCUT2D eigenvalue weighted by Crippen LogP contribution is -2.04. The Morgan fingerprint density at radius 2 is 0.882 bits per heavy atom. The summed E-state index contributed by atoms with van der Waals surface area (Å²) in [4.78, 5) is 10.5. The van der Waals surface area contributed by atoms with Crippen molar-refractivity contribution in [1.82, 2.24) is 19.1 Å². The minimum absolute atomic E-state index is 0.639. The van der Waals surface area contributed by atoms with Gasteiger partial charge in [-0.1, -0.05) is 115 Å². The van der Waals surface area contributed by atoms with Gasteiger partial charge in [0.25, 0.3) is 0 Å². The van der Waals surface area contributed by atoms with E-state index in [1.807, 2.05) is 24.3 Å². The van der Waals surface area contributed by atoms with Crippen LogP contribution >= 0.6 is 0 Å². The Kier molecular flexibility index (Phi) is 5.89. The summed E-state index contributed by atoms with van der Waals surface area (Å²) >= 11 is 0. The molecular formula is C46H28N4O. The number of benzene rings is 7. The summed E-state index contributed by atoms with van der Waals surface area (Å²) in [6.07, 6.45) is 0. The number of rotatable bonds is 4. The highest BCUT2D eigenvalue weighted by atomic mass is 16.3. The van der Waals surface area contributed by atoms with E-state index in [0.29, 0.717) is 5.95 Å². The quantitative estimate of drug-likeness (QED) is 0.190. The molecule has 5 nitrogen and oxygen atoms in total. The zero-order valence-electron chi connectivity index (χ0n) is 27.4. The topological polar surface area (TPSA) is 48.8 Å². The van der Waals surface area contributed by atoms with E-state index >= 15 is 0 Å². The van der Waals surface area contributed by atoms with Crippen molar-refractivity contribution in [2.45, 2.75) is 0 Å². The number of fused-ring (bicyclic) bond motifs is 10. The summed E-state index contributed by atoms with van der Waals surface area (Å²) in [7, 11) is 0. The van der Waals surface area contributed by atoms with Crippen molar-refractivity contribution in [1.29, 1.82) is 0 Å². The molecule has 5 heteroatoms. The van der Waals surface area contributed by atoms with Crippen LogP contribution in [0.15, 0.2) is 174 Å². The maximum atomic E-state index is 6.35. The van der Waals surface area contributed by atoms with Crippen molar-refractivity contribution in [2.75, 3.05) is 0 Å². The smallest absolute Gasteiger partial charge is 0.235 e. The van der Waals surface area contributed by atoms with Gasteiger partial charge in [0.05, 0.1) is 33.5 Å². The first kappa shape index (κ1) is 27.9. The van der Waals surface area contributed by atoms with Crippen molar-refractivity contribution in [2.24, 2.45) is 0 Å². The molecule has 0 spiro atoms. The second-order valence-electron chi connectivity index (χ2n) is 13.0. The summed E-state index contributed by atoms with van der Waals surface area (Å²) < 4.78 is 10.9. The van der Waals surface area contributed by atoms with Gasteiger partial charge < -0.3 is 8.98 Å². The van der Waals surface area contributed by atoms with Gasteiger partial charge in [-0.3, -0.25) is 4.57 Å². The molecule has 0 aliphatic carbocycles. The van der Waals surface area contributed by atoms with Gasteiger partial charge in [0.15, 0.2) is 0 Å². The number of nitrogens with zero attached hydrogens (tertiary/aromatic N) is 4. The van der Waals surface area contributed by atoms with E-state index in [2.05, 4.69) is 155 Å². The summed E-state index contributed by atoms with van der Waals surface area (Å²) in [5, 5.41) is 6.97. The average Bonchev–Trinajstić information content (AvgIpc) is 3.85. The molecule has 0 N–H and O–H groups in total. The van der Waals surface area contributed by atoms with Gasteiger partial charge in [0.2, 0.25) is 5.95 Å². The van der Waals surface area contributed by atoms with Crippen molar-refractivity contribution in [3.63, 3.8) is 0 Å². The van der Waals surface area contributed by atoms with E-state index in [1.165, 1.54) is 16.2 Å². The molecule has 0 saturated carbocycles. The molecule has 0 bridgehead atoms. The highest BCUT2D eigenvalue weighted by molar-refractivity contribution is 6.29. The minimum Gasteiger partial charge on any atom is -0.456 e. The standard InChI is InChI=1S/C46H28N4O/c1-3-13-29(14-4-1)36-28-37(30-15-5-2-6-16-30)48-46(47-36)50-39-21-11-8-19-35(39)45-41(50)26-25-40-44(45)34-18-7-10-20-38(34)49(40)31-23-24-33-32-17-9-12-22-42(32)51-43(33)27-31/h1-28H. The predicted octanol–water partition coefficient (Wildman–Crippen LogP) is 11.9. The first-order valence-corrected chi connectivity index (χ1v) is 17.2. The second-order valence-corrected chi connectivity index (χ2v) is 13.0. The number of hydrogen-bond donors (Lipinski definition) is 0. The van der Waals surface area contributed by atoms with Gasteiger partial charge in [-0.2, -0.15) is 0 Å². The molecule has 0 fully saturated rings. The molecule has 4 heterocycles. The minimum atomic E-state index is 0.639. The summed E-state index contributed by atoms with van der Waals surface area (Å²) in [6, 6.07) is 59.4. The third-order valence-corrected chi connectivity index (χ3v) is 10.1. The molecule has 51 heavy (non-hydrogen) atoms. The third kappa shape index (κ3) is 4.15. The molecule has 0 saturated heterocycles. The molecule has 0 radical (unpaired) electrons. The molecule has 4 aromatic heterocycles. The van der Waals surface area contributed by atoms with Crippen molar-refractivity contribution >= 4 is 65.6 Å². The summed E-state index contributed by atoms with van der Waals surface area (Å²) in [5.41, 5.74) is 11.1. The number of aromatic nitrogens is 4. The van der Waals surface area contributed by atoms with Crippen LogP contribution in [0.2, 0.25) is 0 Å². The Morgan fingerprint density at radius 1 is 0.373 bits per heavy atom. The lowest BCUT2D eigenvalue weighted by molar-refractivity contribution is 0.668. The van der Waals surface area contributed by atoms with Gasteiger partial charge in [-0.25, -0.2) is 9.97 Å². The maximum absolute atomic E-state index is 6.35. The van der Waals surface area contributed by atoms with Crippen LogP contribution in [0.5, 0.6) is 0 Å². The lowest BCUT2D eigenvalue weighted by atomic mass is 10.1. The summed E-state index contributed by atoms with van der Waals surface area (Å²) in [6.45, 7) is 0. The van der Waals surface area contributed by atoms with Crippen LogP contribution in [0.25, 0.3) is 99.7 Å². The van der Waals surface area contributed by atoms with Gasteiger partial charge in [-0.15, -0.1) is 0 Å². The second kappa shape index (κ2) is 10.8. The largest absolute Gasteiger partial charge is 0.456 e. The number of para-hydroxylation sites is 3. The van der Waals surface area contributed by atoms with Crippen LogP contribution < -0.4 is 0 Å². The molecule has 0 atom stereocenters. The van der Waals surface area contributed by atoms with Gasteiger partial charge in [0, 0.05) is 55.2 Å². The SMILES string of the molecule is c1ccc(-c2cc(-c3ccccc3)nc(-n3c4ccccc4c4c5c6ccccc6n(-c6ccc7c(c6)oc6ccccc67)c5ccc43)n2)cc1. The van der Waals surface area contributed by atoms with Crippen molar-refractivity contribution < 1.29 is 4.42 Å². The molecule has 0 amide bonds. The molecule has 11 rings (SSSR count). The fourth-order valence-electron chi connectivity index (χ4n) is 7.91. The lowest BCUT2D eigenvalue weighted by Gasteiger charge is -2.12. The van der Waals surface area contributed by atoms with Gasteiger partial charge in [0.1, 0.15) is 11.2 Å². The monoisotopic (exact) mass is 652 g/mol. The molecule has 0 aliphatic rings.